The second-order valence-electron chi connectivity index (χ2n) is 8.95. The molecule has 4 aliphatic rings. The van der Waals surface area contributed by atoms with Crippen molar-refractivity contribution in [3.63, 3.8) is 0 Å². The average molecular weight is 321 g/mol. The number of nitrogens with zero attached hydrogens (tertiary/aromatic N) is 2. The molecule has 4 rings (SSSR count). The summed E-state index contributed by atoms with van der Waals surface area (Å²) in [5, 5.41) is 7.30. The highest BCUT2D eigenvalue weighted by Gasteiger charge is 2.44. The minimum atomic E-state index is 0.614. The molecule has 0 bridgehead atoms. The molecule has 132 valence electrons. The first-order chi connectivity index (χ1) is 11.2. The number of rotatable bonds is 3. The molecule has 0 saturated carbocycles. The lowest BCUT2D eigenvalue weighted by Crippen LogP contribution is -2.54. The second kappa shape index (κ2) is 6.99. The molecule has 4 saturated heterocycles. The Morgan fingerprint density at radius 3 is 2.65 bits per heavy atom. The van der Waals surface area contributed by atoms with Crippen LogP contribution in [0.1, 0.15) is 39.0 Å². The Bertz CT molecular complexity index is 385. The molecule has 3 atom stereocenters. The zero-order chi connectivity index (χ0) is 15.7. The zero-order valence-electron chi connectivity index (χ0n) is 15.0. The number of piperidine rings is 2. The van der Waals surface area contributed by atoms with Gasteiger partial charge in [-0.05, 0) is 82.1 Å². The first-order valence-electron chi connectivity index (χ1n) is 10.1. The molecule has 0 aromatic rings. The lowest BCUT2D eigenvalue weighted by atomic mass is 9.86. The van der Waals surface area contributed by atoms with Gasteiger partial charge in [0.05, 0.1) is 0 Å². The average Bonchev–Trinajstić information content (AvgIpc) is 3.21. The quantitative estimate of drug-likeness (QED) is 0.822. The molecule has 4 nitrogen and oxygen atoms in total. The highest BCUT2D eigenvalue weighted by molar-refractivity contribution is 5.00. The lowest BCUT2D eigenvalue weighted by molar-refractivity contribution is 0.0817. The van der Waals surface area contributed by atoms with E-state index in [1.54, 1.807) is 0 Å². The van der Waals surface area contributed by atoms with Crippen LogP contribution in [0.3, 0.4) is 0 Å². The number of hydrogen-bond donors (Lipinski definition) is 2. The van der Waals surface area contributed by atoms with Crippen LogP contribution in [0.5, 0.6) is 0 Å². The molecule has 0 aliphatic carbocycles. The Balaban J connectivity index is 1.36. The maximum Gasteiger partial charge on any atom is 0.0261 e. The topological polar surface area (TPSA) is 30.5 Å². The number of nitrogens with one attached hydrogen (secondary N) is 2. The van der Waals surface area contributed by atoms with Gasteiger partial charge in [-0.1, -0.05) is 6.92 Å². The molecular formula is C19H36N4. The maximum absolute atomic E-state index is 3.69. The highest BCUT2D eigenvalue weighted by Crippen LogP contribution is 2.38. The van der Waals surface area contributed by atoms with E-state index in [0.717, 1.165) is 17.9 Å². The van der Waals surface area contributed by atoms with Crippen molar-refractivity contribution in [2.24, 2.45) is 17.3 Å². The molecule has 23 heavy (non-hydrogen) atoms. The Labute approximate surface area is 142 Å². The van der Waals surface area contributed by atoms with Crippen LogP contribution in [-0.4, -0.2) is 74.7 Å². The van der Waals surface area contributed by atoms with E-state index in [0.29, 0.717) is 5.41 Å². The third-order valence-corrected chi connectivity index (χ3v) is 7.23. The molecule has 4 heteroatoms. The standard InChI is InChI=1S/C19H36N4/c1-16-3-9-22(10-4-16)13-17-2-7-20-12-18(17)23-11-6-19(15-23)5-8-21-14-19/h16-18,20-21H,2-15H2,1H3. The van der Waals surface area contributed by atoms with Gasteiger partial charge in [0.2, 0.25) is 0 Å². The lowest BCUT2D eigenvalue weighted by Gasteiger charge is -2.42. The molecule has 3 unspecified atom stereocenters. The highest BCUT2D eigenvalue weighted by atomic mass is 15.2. The number of hydrogen-bond acceptors (Lipinski definition) is 4. The van der Waals surface area contributed by atoms with Crippen LogP contribution in [0.4, 0.5) is 0 Å². The van der Waals surface area contributed by atoms with Crippen molar-refractivity contribution in [3.05, 3.63) is 0 Å². The summed E-state index contributed by atoms with van der Waals surface area (Å²) in [4.78, 5) is 5.63. The molecule has 0 aromatic carbocycles. The summed E-state index contributed by atoms with van der Waals surface area (Å²) >= 11 is 0. The summed E-state index contributed by atoms with van der Waals surface area (Å²) in [5.41, 5.74) is 0.614. The van der Waals surface area contributed by atoms with E-state index < -0.39 is 0 Å². The van der Waals surface area contributed by atoms with Crippen molar-refractivity contribution in [1.29, 1.82) is 0 Å². The molecule has 0 amide bonds. The molecule has 4 aliphatic heterocycles. The van der Waals surface area contributed by atoms with Crippen LogP contribution >= 0.6 is 0 Å². The van der Waals surface area contributed by atoms with E-state index in [1.165, 1.54) is 91.0 Å². The normalized spacial score (nSPS) is 41.1. The van der Waals surface area contributed by atoms with Crippen LogP contribution in [0.2, 0.25) is 0 Å². The Hall–Kier alpha value is -0.160. The molecule has 4 heterocycles. The maximum atomic E-state index is 3.69. The van der Waals surface area contributed by atoms with E-state index in [2.05, 4.69) is 27.4 Å². The van der Waals surface area contributed by atoms with Gasteiger partial charge in [0.15, 0.2) is 0 Å². The summed E-state index contributed by atoms with van der Waals surface area (Å²) in [6.07, 6.45) is 7.02. The van der Waals surface area contributed by atoms with E-state index in [9.17, 15) is 0 Å². The van der Waals surface area contributed by atoms with Crippen LogP contribution in [0.15, 0.2) is 0 Å². The van der Waals surface area contributed by atoms with Crippen molar-refractivity contribution in [1.82, 2.24) is 20.4 Å². The molecule has 0 radical (unpaired) electrons. The summed E-state index contributed by atoms with van der Waals surface area (Å²) in [7, 11) is 0. The van der Waals surface area contributed by atoms with Gasteiger partial charge in [-0.2, -0.15) is 0 Å². The van der Waals surface area contributed by atoms with E-state index in [-0.39, 0.29) is 0 Å². The van der Waals surface area contributed by atoms with Crippen molar-refractivity contribution in [2.45, 2.75) is 45.1 Å². The predicted molar refractivity (Wildman–Crippen MR) is 95.7 cm³/mol. The van der Waals surface area contributed by atoms with E-state index >= 15 is 0 Å². The largest absolute Gasteiger partial charge is 0.316 e. The zero-order valence-corrected chi connectivity index (χ0v) is 15.0. The Morgan fingerprint density at radius 1 is 1.00 bits per heavy atom. The molecule has 2 N–H and O–H groups in total. The molecule has 4 fully saturated rings. The van der Waals surface area contributed by atoms with Gasteiger partial charge in [0.25, 0.3) is 0 Å². The summed E-state index contributed by atoms with van der Waals surface area (Å²) < 4.78 is 0. The van der Waals surface area contributed by atoms with Gasteiger partial charge in [0.1, 0.15) is 0 Å². The summed E-state index contributed by atoms with van der Waals surface area (Å²) in [6.45, 7) is 14.1. The van der Waals surface area contributed by atoms with Crippen LogP contribution in [0.25, 0.3) is 0 Å². The molecule has 0 aromatic heterocycles. The number of likely N-dealkylation sites (tertiary alicyclic amines) is 2. The van der Waals surface area contributed by atoms with Crippen molar-refractivity contribution >= 4 is 0 Å². The predicted octanol–water partition coefficient (Wildman–Crippen LogP) is 1.38. The van der Waals surface area contributed by atoms with Crippen LogP contribution in [0, 0.1) is 17.3 Å². The fourth-order valence-corrected chi connectivity index (χ4v) is 5.51. The second-order valence-corrected chi connectivity index (χ2v) is 8.95. The van der Waals surface area contributed by atoms with E-state index in [1.807, 2.05) is 0 Å². The summed E-state index contributed by atoms with van der Waals surface area (Å²) in [5.74, 6) is 1.83. The van der Waals surface area contributed by atoms with Gasteiger partial charge in [-0.3, -0.25) is 4.90 Å². The van der Waals surface area contributed by atoms with Crippen molar-refractivity contribution < 1.29 is 0 Å². The molecular weight excluding hydrogens is 284 g/mol. The minimum Gasteiger partial charge on any atom is -0.316 e. The monoisotopic (exact) mass is 320 g/mol. The van der Waals surface area contributed by atoms with Gasteiger partial charge >= 0.3 is 0 Å². The Kier molecular flexibility index (Phi) is 4.96. The van der Waals surface area contributed by atoms with Gasteiger partial charge < -0.3 is 15.5 Å². The van der Waals surface area contributed by atoms with Crippen molar-refractivity contribution in [3.8, 4) is 0 Å². The van der Waals surface area contributed by atoms with Gasteiger partial charge in [-0.15, -0.1) is 0 Å². The molecule has 1 spiro atoms. The van der Waals surface area contributed by atoms with Crippen molar-refractivity contribution in [2.75, 3.05) is 58.9 Å². The first kappa shape index (κ1) is 16.3. The van der Waals surface area contributed by atoms with Gasteiger partial charge in [0, 0.05) is 32.2 Å². The first-order valence-corrected chi connectivity index (χ1v) is 10.1. The van der Waals surface area contributed by atoms with E-state index in [4.69, 9.17) is 0 Å². The Morgan fingerprint density at radius 2 is 1.87 bits per heavy atom. The third-order valence-electron chi connectivity index (χ3n) is 7.23. The minimum absolute atomic E-state index is 0.614. The summed E-state index contributed by atoms with van der Waals surface area (Å²) in [6, 6.07) is 0.781. The SMILES string of the molecule is CC1CCN(CC2CCNCC2N2CCC3(CCNC3)C2)CC1. The van der Waals surface area contributed by atoms with Crippen LogP contribution in [-0.2, 0) is 0 Å². The fraction of sp³-hybridized carbons (Fsp3) is 1.00. The fourth-order valence-electron chi connectivity index (χ4n) is 5.51. The van der Waals surface area contributed by atoms with Gasteiger partial charge in [-0.25, -0.2) is 0 Å². The third kappa shape index (κ3) is 3.60. The van der Waals surface area contributed by atoms with Crippen LogP contribution < -0.4 is 10.6 Å². The smallest absolute Gasteiger partial charge is 0.0261 e.